The minimum atomic E-state index is -0.496. The average molecular weight is 483 g/mol. The molecule has 2 aliphatic rings. The maximum Gasteiger partial charge on any atom is 0.242 e. The number of carbonyl (C=O) groups excluding carboxylic acids is 2. The van der Waals surface area contributed by atoms with E-state index in [0.29, 0.717) is 11.7 Å². The average Bonchev–Trinajstić information content (AvgIpc) is 3.14. The number of thioether (sulfide) groups is 1. The highest BCUT2D eigenvalue weighted by Gasteiger charge is 2.39. The highest BCUT2D eigenvalue weighted by Crippen LogP contribution is 2.32. The zero-order valence-corrected chi connectivity index (χ0v) is 20.1. The van der Waals surface area contributed by atoms with Gasteiger partial charge in [0.15, 0.2) is 5.17 Å². The summed E-state index contributed by atoms with van der Waals surface area (Å²) in [4.78, 5) is 34.7. The molecule has 0 radical (unpaired) electrons. The standard InChI is InChI=1S/C25H30N4O4S/c1-32-21-10-8-20(9-11-21)27-25-29(13-5-12-28-14-16-33-17-15-28)24(31)22(34-25)18-23(30)26-19-6-3-2-4-7-19/h2-4,6-11,22H,5,12-18H2,1H3,(H,26,30). The number of aliphatic imine (C=N–C) groups is 1. The fraction of sp³-hybridized carbons (Fsp3) is 0.400. The van der Waals surface area contributed by atoms with Crippen LogP contribution in [0.1, 0.15) is 12.8 Å². The molecule has 2 aromatic carbocycles. The Bertz CT molecular complexity index is 994. The van der Waals surface area contributed by atoms with Gasteiger partial charge in [-0.2, -0.15) is 0 Å². The molecule has 180 valence electrons. The topological polar surface area (TPSA) is 83.5 Å². The summed E-state index contributed by atoms with van der Waals surface area (Å²) in [5.41, 5.74) is 1.46. The number of anilines is 1. The molecule has 1 atom stereocenters. The number of morpholine rings is 1. The first kappa shape index (κ1) is 24.3. The second-order valence-electron chi connectivity index (χ2n) is 8.11. The molecule has 2 saturated heterocycles. The minimum absolute atomic E-state index is 0.0672. The first-order valence-corrected chi connectivity index (χ1v) is 12.4. The van der Waals surface area contributed by atoms with Crippen molar-refractivity contribution in [2.75, 3.05) is 51.8 Å². The Kier molecular flexibility index (Phi) is 8.56. The summed E-state index contributed by atoms with van der Waals surface area (Å²) in [6.07, 6.45) is 0.927. The van der Waals surface area contributed by atoms with E-state index in [0.717, 1.165) is 56.4 Å². The Morgan fingerprint density at radius 3 is 2.56 bits per heavy atom. The third kappa shape index (κ3) is 6.59. The van der Waals surface area contributed by atoms with Crippen LogP contribution in [0.15, 0.2) is 59.6 Å². The van der Waals surface area contributed by atoms with Gasteiger partial charge in [0.25, 0.3) is 0 Å². The summed E-state index contributed by atoms with van der Waals surface area (Å²) in [5.74, 6) is 0.496. The lowest BCUT2D eigenvalue weighted by Crippen LogP contribution is -2.39. The van der Waals surface area contributed by atoms with E-state index in [9.17, 15) is 9.59 Å². The van der Waals surface area contributed by atoms with Crippen molar-refractivity contribution in [3.8, 4) is 5.75 Å². The van der Waals surface area contributed by atoms with Gasteiger partial charge < -0.3 is 14.8 Å². The molecular formula is C25H30N4O4S. The molecule has 2 aromatic rings. The predicted molar refractivity (Wildman–Crippen MR) is 135 cm³/mol. The molecule has 0 saturated carbocycles. The number of amidine groups is 1. The van der Waals surface area contributed by atoms with Crippen molar-refractivity contribution in [1.29, 1.82) is 0 Å². The smallest absolute Gasteiger partial charge is 0.242 e. The van der Waals surface area contributed by atoms with Crippen LogP contribution in [0.4, 0.5) is 11.4 Å². The van der Waals surface area contributed by atoms with Crippen molar-refractivity contribution in [1.82, 2.24) is 9.80 Å². The highest BCUT2D eigenvalue weighted by atomic mass is 32.2. The summed E-state index contributed by atoms with van der Waals surface area (Å²) in [5, 5.41) is 3.01. The van der Waals surface area contributed by atoms with Crippen molar-refractivity contribution >= 4 is 40.1 Å². The summed E-state index contributed by atoms with van der Waals surface area (Å²) in [6.45, 7) is 4.79. The maximum absolute atomic E-state index is 13.3. The fourth-order valence-electron chi connectivity index (χ4n) is 3.88. The van der Waals surface area contributed by atoms with Gasteiger partial charge in [-0.05, 0) is 42.8 Å². The van der Waals surface area contributed by atoms with Crippen molar-refractivity contribution in [2.24, 2.45) is 4.99 Å². The van der Waals surface area contributed by atoms with E-state index in [2.05, 4.69) is 10.2 Å². The van der Waals surface area contributed by atoms with Crippen molar-refractivity contribution in [2.45, 2.75) is 18.1 Å². The molecule has 2 fully saturated rings. The normalized spacial score (nSPS) is 20.0. The molecule has 0 bridgehead atoms. The van der Waals surface area contributed by atoms with Gasteiger partial charge in [0, 0.05) is 38.3 Å². The van der Waals surface area contributed by atoms with Crippen LogP contribution in [0.2, 0.25) is 0 Å². The van der Waals surface area contributed by atoms with E-state index in [-0.39, 0.29) is 18.2 Å². The molecule has 0 aliphatic carbocycles. The Hall–Kier alpha value is -2.88. The first-order valence-electron chi connectivity index (χ1n) is 11.5. The summed E-state index contributed by atoms with van der Waals surface area (Å²) in [6, 6.07) is 16.7. The molecule has 9 heteroatoms. The molecule has 8 nitrogen and oxygen atoms in total. The number of benzene rings is 2. The van der Waals surface area contributed by atoms with Crippen LogP contribution in [0, 0.1) is 0 Å². The zero-order valence-electron chi connectivity index (χ0n) is 19.3. The number of methoxy groups -OCH3 is 1. The number of nitrogens with one attached hydrogen (secondary N) is 1. The number of rotatable bonds is 9. The largest absolute Gasteiger partial charge is 0.497 e. The quantitative estimate of drug-likeness (QED) is 0.590. The predicted octanol–water partition coefficient (Wildman–Crippen LogP) is 3.38. The number of hydrogen-bond donors (Lipinski definition) is 1. The van der Waals surface area contributed by atoms with Crippen molar-refractivity contribution in [3.05, 3.63) is 54.6 Å². The van der Waals surface area contributed by atoms with Crippen molar-refractivity contribution in [3.63, 3.8) is 0 Å². The van der Waals surface area contributed by atoms with Crippen LogP contribution in [0.25, 0.3) is 0 Å². The van der Waals surface area contributed by atoms with E-state index in [1.54, 1.807) is 12.0 Å². The van der Waals surface area contributed by atoms with E-state index >= 15 is 0 Å². The summed E-state index contributed by atoms with van der Waals surface area (Å²) >= 11 is 1.36. The Morgan fingerprint density at radius 2 is 1.85 bits per heavy atom. The second-order valence-corrected chi connectivity index (χ2v) is 9.28. The Balaban J connectivity index is 1.43. The van der Waals surface area contributed by atoms with Gasteiger partial charge in [-0.3, -0.25) is 19.4 Å². The number of amides is 2. The molecule has 34 heavy (non-hydrogen) atoms. The lowest BCUT2D eigenvalue weighted by Gasteiger charge is -2.27. The highest BCUT2D eigenvalue weighted by molar-refractivity contribution is 8.15. The Morgan fingerprint density at radius 1 is 1.12 bits per heavy atom. The number of carbonyl (C=O) groups is 2. The minimum Gasteiger partial charge on any atom is -0.497 e. The lowest BCUT2D eigenvalue weighted by molar-refractivity contribution is -0.128. The molecule has 0 spiro atoms. The Labute approximate surface area is 204 Å². The van der Waals surface area contributed by atoms with Gasteiger partial charge in [0.1, 0.15) is 11.0 Å². The van der Waals surface area contributed by atoms with Gasteiger partial charge in [-0.25, -0.2) is 4.99 Å². The van der Waals surface area contributed by atoms with Gasteiger partial charge >= 0.3 is 0 Å². The molecule has 2 aliphatic heterocycles. The molecule has 0 aromatic heterocycles. The second kappa shape index (κ2) is 12.0. The number of para-hydroxylation sites is 1. The van der Waals surface area contributed by atoms with Gasteiger partial charge in [0.05, 0.1) is 26.0 Å². The van der Waals surface area contributed by atoms with Gasteiger partial charge in [-0.15, -0.1) is 0 Å². The number of ether oxygens (including phenoxy) is 2. The van der Waals surface area contributed by atoms with E-state index in [1.165, 1.54) is 11.8 Å². The number of hydrogen-bond acceptors (Lipinski definition) is 7. The van der Waals surface area contributed by atoms with Gasteiger partial charge in [-0.1, -0.05) is 30.0 Å². The zero-order chi connectivity index (χ0) is 23.8. The fourth-order valence-corrected chi connectivity index (χ4v) is 5.06. The van der Waals surface area contributed by atoms with Crippen LogP contribution in [0.5, 0.6) is 5.75 Å². The SMILES string of the molecule is COc1ccc(N=C2SC(CC(=O)Nc3ccccc3)C(=O)N2CCCN2CCOCC2)cc1. The molecule has 2 amide bonds. The van der Waals surface area contributed by atoms with Crippen LogP contribution in [-0.4, -0.2) is 78.5 Å². The van der Waals surface area contributed by atoms with Crippen LogP contribution >= 0.6 is 11.8 Å². The summed E-state index contributed by atoms with van der Waals surface area (Å²) < 4.78 is 10.6. The van der Waals surface area contributed by atoms with Gasteiger partial charge in [0.2, 0.25) is 11.8 Å². The molecule has 1 N–H and O–H groups in total. The van der Waals surface area contributed by atoms with E-state index in [4.69, 9.17) is 14.5 Å². The number of nitrogens with zero attached hydrogens (tertiary/aromatic N) is 3. The summed E-state index contributed by atoms with van der Waals surface area (Å²) in [7, 11) is 1.62. The third-order valence-corrected chi connectivity index (χ3v) is 6.88. The molecule has 4 rings (SSSR count). The molecule has 2 heterocycles. The van der Waals surface area contributed by atoms with E-state index in [1.807, 2.05) is 54.6 Å². The van der Waals surface area contributed by atoms with Crippen LogP contribution in [-0.2, 0) is 14.3 Å². The van der Waals surface area contributed by atoms with Crippen LogP contribution < -0.4 is 10.1 Å². The maximum atomic E-state index is 13.3. The third-order valence-electron chi connectivity index (χ3n) is 5.71. The first-order chi connectivity index (χ1) is 16.6. The van der Waals surface area contributed by atoms with Crippen LogP contribution in [0.3, 0.4) is 0 Å². The molecular weight excluding hydrogens is 452 g/mol. The molecule has 1 unspecified atom stereocenters. The van der Waals surface area contributed by atoms with E-state index < -0.39 is 5.25 Å². The van der Waals surface area contributed by atoms with Crippen molar-refractivity contribution < 1.29 is 19.1 Å². The lowest BCUT2D eigenvalue weighted by atomic mass is 10.2. The monoisotopic (exact) mass is 482 g/mol.